The summed E-state index contributed by atoms with van der Waals surface area (Å²) in [6.45, 7) is 3.52. The summed E-state index contributed by atoms with van der Waals surface area (Å²) in [7, 11) is 0. The summed E-state index contributed by atoms with van der Waals surface area (Å²) in [5, 5.41) is 19.4. The topological polar surface area (TPSA) is 46.9 Å². The number of benzene rings is 2. The molecule has 2 aliphatic heterocycles. The molecule has 0 atom stereocenters. The Morgan fingerprint density at radius 3 is 1.19 bits per heavy atom. The Labute approximate surface area is 210 Å². The van der Waals surface area contributed by atoms with E-state index >= 15 is 0 Å². The molecule has 31 heavy (non-hydrogen) atoms. The molecular weight excluding hydrogens is 607 g/mol. The van der Waals surface area contributed by atoms with Crippen LogP contribution in [0.2, 0.25) is 0 Å². The van der Waals surface area contributed by atoms with Crippen molar-refractivity contribution in [1.82, 2.24) is 0 Å². The van der Waals surface area contributed by atoms with Gasteiger partial charge in [0.2, 0.25) is 0 Å². The van der Waals surface area contributed by atoms with Crippen molar-refractivity contribution in [2.75, 3.05) is 36.0 Å². The molecule has 4 rings (SSSR count). The molecule has 7 heteroatoms. The predicted octanol–water partition coefficient (Wildman–Crippen LogP) is 3.53. The van der Waals surface area contributed by atoms with Crippen molar-refractivity contribution in [3.05, 3.63) is 59.7 Å². The molecule has 0 aromatic heterocycles. The van der Waals surface area contributed by atoms with Crippen LogP contribution in [0.15, 0.2) is 48.5 Å². The molecule has 2 aliphatic rings. The van der Waals surface area contributed by atoms with Crippen molar-refractivity contribution < 1.29 is 31.3 Å². The van der Waals surface area contributed by atoms with E-state index in [0.29, 0.717) is 9.81 Å². The van der Waals surface area contributed by atoms with E-state index in [1.165, 1.54) is 0 Å². The molecule has 0 bridgehead atoms. The van der Waals surface area contributed by atoms with Crippen LogP contribution in [-0.4, -0.2) is 48.6 Å². The average molecular weight is 636 g/mol. The largest absolute Gasteiger partial charge is 2.00 e. The monoisotopic (exact) mass is 635 g/mol. The van der Waals surface area contributed by atoms with E-state index in [-0.39, 0.29) is 33.3 Å². The van der Waals surface area contributed by atoms with Gasteiger partial charge in [0, 0.05) is 37.6 Å². The molecule has 0 radical (unpaired) electrons. The fraction of sp³-hybridized carbons (Fsp3) is 0.417. The van der Waals surface area contributed by atoms with Crippen LogP contribution in [0, 0.1) is 0 Å². The smallest absolute Gasteiger partial charge is 0.781 e. The van der Waals surface area contributed by atoms with Gasteiger partial charge in [-0.25, -0.2) is 0 Å². The molecule has 4 nitrogen and oxygen atoms in total. The van der Waals surface area contributed by atoms with Crippen molar-refractivity contribution in [2.45, 2.75) is 37.9 Å². The predicted molar refractivity (Wildman–Crippen MR) is 129 cm³/mol. The van der Waals surface area contributed by atoms with E-state index in [1.807, 2.05) is 24.3 Å². The Morgan fingerprint density at radius 2 is 0.903 bits per heavy atom. The van der Waals surface area contributed by atoms with Gasteiger partial charge in [-0.2, -0.15) is 9.81 Å². The molecule has 0 amide bonds. The maximum Gasteiger partial charge on any atom is 2.00 e. The van der Waals surface area contributed by atoms with E-state index in [1.54, 1.807) is 0 Å². The molecule has 2 fully saturated rings. The van der Waals surface area contributed by atoms with Crippen molar-refractivity contribution >= 4 is 46.4 Å². The van der Waals surface area contributed by atoms with Crippen molar-refractivity contribution in [3.63, 3.8) is 0 Å². The molecule has 0 saturated carbocycles. The minimum absolute atomic E-state index is 0. The number of aliphatic hydroxyl groups is 2. The van der Waals surface area contributed by atoms with Gasteiger partial charge in [-0.15, -0.1) is 0 Å². The van der Waals surface area contributed by atoms with Gasteiger partial charge in [-0.05, 0) is 61.1 Å². The molecular formula is C24H28N2O2PtS2. The van der Waals surface area contributed by atoms with Gasteiger partial charge < -0.3 is 45.3 Å². The molecule has 0 aliphatic carbocycles. The molecule has 2 N–H and O–H groups in total. The second-order valence-electron chi connectivity index (χ2n) is 8.19. The van der Waals surface area contributed by atoms with Crippen LogP contribution in [0.25, 0.3) is 9.81 Å². The third kappa shape index (κ3) is 6.00. The van der Waals surface area contributed by atoms with E-state index < -0.39 is 0 Å². The number of rotatable bonds is 4. The fourth-order valence-corrected chi connectivity index (χ4v) is 4.67. The summed E-state index contributed by atoms with van der Waals surface area (Å²) in [6.07, 6.45) is 2.93. The summed E-state index contributed by atoms with van der Waals surface area (Å²) < 4.78 is 0. The summed E-state index contributed by atoms with van der Waals surface area (Å²) in [6, 6.07) is 16.5. The first-order valence-electron chi connectivity index (χ1n) is 10.7. The third-order valence-electron chi connectivity index (χ3n) is 6.12. The zero-order chi connectivity index (χ0) is 21.1. The Hall–Kier alpha value is -1.17. The van der Waals surface area contributed by atoms with Crippen molar-refractivity contribution in [1.29, 1.82) is 0 Å². The summed E-state index contributed by atoms with van der Waals surface area (Å²) in [5.74, 6) is 0. The Kier molecular flexibility index (Phi) is 8.77. The SMILES string of the molecule is OC1CCN(c2ccc(/C([S-])=C(/[S-])c3ccc(N4CCC(O)CC4)cc3)cc2)CC1.[Pt+2]. The summed E-state index contributed by atoms with van der Waals surface area (Å²) in [5.41, 5.74) is 4.25. The van der Waals surface area contributed by atoms with Crippen LogP contribution in [0.4, 0.5) is 11.4 Å². The van der Waals surface area contributed by atoms with Crippen molar-refractivity contribution in [2.24, 2.45) is 0 Å². The van der Waals surface area contributed by atoms with E-state index in [9.17, 15) is 10.2 Å². The van der Waals surface area contributed by atoms with Gasteiger partial charge in [0.15, 0.2) is 0 Å². The average Bonchev–Trinajstić information content (AvgIpc) is 2.79. The number of aliphatic hydroxyl groups excluding tert-OH is 2. The maximum absolute atomic E-state index is 9.69. The number of piperidine rings is 2. The fourth-order valence-electron chi connectivity index (χ4n) is 4.16. The molecule has 0 spiro atoms. The van der Waals surface area contributed by atoms with Crippen LogP contribution >= 0.6 is 0 Å². The first kappa shape index (κ1) is 24.5. The Balaban J connectivity index is 0.00000272. The Bertz CT molecular complexity index is 800. The first-order valence-corrected chi connectivity index (χ1v) is 11.5. The Morgan fingerprint density at radius 1 is 0.613 bits per heavy atom. The van der Waals surface area contributed by atoms with Crippen LogP contribution < -0.4 is 9.80 Å². The van der Waals surface area contributed by atoms with Crippen LogP contribution in [0.1, 0.15) is 36.8 Å². The maximum atomic E-state index is 9.69. The third-order valence-corrected chi connectivity index (χ3v) is 7.13. The van der Waals surface area contributed by atoms with Gasteiger partial charge >= 0.3 is 21.1 Å². The van der Waals surface area contributed by atoms with Crippen molar-refractivity contribution in [3.8, 4) is 0 Å². The normalized spacial score (nSPS) is 19.0. The minimum Gasteiger partial charge on any atom is -0.781 e. The molecule has 0 unspecified atom stereocenters. The molecule has 2 aromatic carbocycles. The van der Waals surface area contributed by atoms with Crippen LogP contribution in [0.5, 0.6) is 0 Å². The van der Waals surface area contributed by atoms with E-state index in [0.717, 1.165) is 74.4 Å². The second kappa shape index (κ2) is 11.1. The van der Waals surface area contributed by atoms with Gasteiger partial charge in [0.25, 0.3) is 0 Å². The minimum atomic E-state index is -0.168. The zero-order valence-electron chi connectivity index (χ0n) is 17.4. The standard InChI is InChI=1S/C24H30N2O2S2.Pt/c27-21-9-13-25(14-10-21)19-5-1-17(2-6-19)23(29)24(30)18-3-7-20(8-4-18)26-15-11-22(28)12-16-26;/h1-8,21-22,27-30H,9-16H2;/q;+2/p-2/b24-23-;. The number of hydrogen-bond donors (Lipinski definition) is 2. The van der Waals surface area contributed by atoms with Gasteiger partial charge in [-0.1, -0.05) is 24.3 Å². The number of hydrogen-bond acceptors (Lipinski definition) is 6. The van der Waals surface area contributed by atoms with Gasteiger partial charge in [-0.3, -0.25) is 0 Å². The number of anilines is 2. The molecule has 168 valence electrons. The first-order chi connectivity index (χ1) is 14.5. The second-order valence-corrected chi connectivity index (χ2v) is 9.00. The van der Waals surface area contributed by atoms with Crippen LogP contribution in [0.3, 0.4) is 0 Å². The van der Waals surface area contributed by atoms with Gasteiger partial charge in [0.05, 0.1) is 12.2 Å². The van der Waals surface area contributed by atoms with Crippen LogP contribution in [-0.2, 0) is 46.3 Å². The molecule has 2 aromatic rings. The van der Waals surface area contributed by atoms with E-state index in [4.69, 9.17) is 25.3 Å². The zero-order valence-corrected chi connectivity index (χ0v) is 21.3. The summed E-state index contributed by atoms with van der Waals surface area (Å²) in [4.78, 5) is 5.99. The van der Waals surface area contributed by atoms with E-state index in [2.05, 4.69) is 34.1 Å². The quantitative estimate of drug-likeness (QED) is 0.397. The molecule has 2 heterocycles. The number of nitrogens with zero attached hydrogens (tertiary/aromatic N) is 2. The van der Waals surface area contributed by atoms with Gasteiger partial charge in [0.1, 0.15) is 0 Å². The summed E-state index contributed by atoms with van der Waals surface area (Å²) >= 11 is 11.4. The molecule has 2 saturated heterocycles.